The van der Waals surface area contributed by atoms with E-state index < -0.39 is 6.04 Å². The van der Waals surface area contributed by atoms with Crippen LogP contribution in [-0.4, -0.2) is 16.2 Å². The zero-order valence-corrected chi connectivity index (χ0v) is 18.3. The number of nitrogens with one attached hydrogen (secondary N) is 1. The largest absolute Gasteiger partial charge is 0.334 e. The highest BCUT2D eigenvalue weighted by molar-refractivity contribution is 7.13. The van der Waals surface area contributed by atoms with E-state index in [-0.39, 0.29) is 17.7 Å². The predicted molar refractivity (Wildman–Crippen MR) is 122 cm³/mol. The normalized spacial score (nSPS) is 16.4. The van der Waals surface area contributed by atoms with E-state index >= 15 is 0 Å². The molecule has 9 heteroatoms. The van der Waals surface area contributed by atoms with Crippen LogP contribution in [-0.2, 0) is 0 Å². The fourth-order valence-electron chi connectivity index (χ4n) is 3.70. The molecule has 1 N–H and O–H groups in total. The Hall–Kier alpha value is -3.49. The molecule has 1 aliphatic heterocycles. The highest BCUT2D eigenvalue weighted by Gasteiger charge is 2.36. The summed E-state index contributed by atoms with van der Waals surface area (Å²) in [4.78, 5) is 20.0. The summed E-state index contributed by atoms with van der Waals surface area (Å²) in [6, 6.07) is 15.8. The van der Waals surface area contributed by atoms with Crippen molar-refractivity contribution >= 4 is 40.2 Å². The van der Waals surface area contributed by atoms with Crippen molar-refractivity contribution in [1.29, 1.82) is 0 Å². The van der Waals surface area contributed by atoms with Gasteiger partial charge >= 0.3 is 6.03 Å². The first kappa shape index (κ1) is 20.4. The second kappa shape index (κ2) is 8.22. The molecular weight excluding hydrogens is 451 g/mol. The van der Waals surface area contributed by atoms with Crippen LogP contribution in [0.3, 0.4) is 0 Å². The molecule has 2 aromatic carbocycles. The third-order valence-electron chi connectivity index (χ3n) is 5.15. The van der Waals surface area contributed by atoms with E-state index in [4.69, 9.17) is 16.1 Å². The highest BCUT2D eigenvalue weighted by Crippen LogP contribution is 2.39. The van der Waals surface area contributed by atoms with Gasteiger partial charge in [-0.1, -0.05) is 35.0 Å². The second-order valence-corrected chi connectivity index (χ2v) is 8.53. The van der Waals surface area contributed by atoms with E-state index in [1.807, 2.05) is 29.6 Å². The lowest BCUT2D eigenvalue weighted by atomic mass is 9.94. The van der Waals surface area contributed by atoms with Gasteiger partial charge in [-0.05, 0) is 60.3 Å². The fourth-order valence-corrected chi connectivity index (χ4v) is 4.54. The first-order valence-corrected chi connectivity index (χ1v) is 11.0. The van der Waals surface area contributed by atoms with Crippen molar-refractivity contribution in [2.24, 2.45) is 0 Å². The van der Waals surface area contributed by atoms with Crippen LogP contribution in [0.1, 0.15) is 24.4 Å². The number of nitrogens with zero attached hydrogens (tertiary/aromatic N) is 3. The molecule has 6 nitrogen and oxygen atoms in total. The number of aromatic nitrogens is 2. The molecule has 2 aromatic heterocycles. The molecule has 1 unspecified atom stereocenters. The van der Waals surface area contributed by atoms with Crippen molar-refractivity contribution in [3.05, 3.63) is 94.0 Å². The van der Waals surface area contributed by atoms with Gasteiger partial charge in [0.1, 0.15) is 5.82 Å². The molecule has 0 spiro atoms. The van der Waals surface area contributed by atoms with Crippen molar-refractivity contribution < 1.29 is 13.7 Å². The molecule has 4 aromatic rings. The van der Waals surface area contributed by atoms with E-state index in [1.165, 1.54) is 28.4 Å². The Bertz CT molecular complexity index is 1320. The fraction of sp³-hybridized carbons (Fsp3) is 0.0870. The molecule has 0 bridgehead atoms. The minimum atomic E-state index is -0.561. The molecule has 32 heavy (non-hydrogen) atoms. The maximum atomic E-state index is 13.5. The van der Waals surface area contributed by atoms with Gasteiger partial charge in [0.15, 0.2) is 0 Å². The minimum Gasteiger partial charge on any atom is -0.334 e. The minimum absolute atomic E-state index is 0.281. The van der Waals surface area contributed by atoms with Crippen LogP contribution in [0.5, 0.6) is 0 Å². The van der Waals surface area contributed by atoms with Crippen LogP contribution >= 0.6 is 22.9 Å². The van der Waals surface area contributed by atoms with Crippen LogP contribution in [0.4, 0.5) is 14.9 Å². The van der Waals surface area contributed by atoms with Crippen LogP contribution in [0.15, 0.2) is 76.3 Å². The average molecular weight is 467 g/mol. The summed E-state index contributed by atoms with van der Waals surface area (Å²) in [6.45, 7) is 1.80. The van der Waals surface area contributed by atoms with Gasteiger partial charge in [0.2, 0.25) is 5.82 Å². The maximum absolute atomic E-state index is 13.5. The van der Waals surface area contributed by atoms with Gasteiger partial charge in [-0.25, -0.2) is 9.18 Å². The third-order valence-corrected chi connectivity index (χ3v) is 6.25. The number of thiophene rings is 1. The Balaban J connectivity index is 1.67. The summed E-state index contributed by atoms with van der Waals surface area (Å²) in [5.74, 6) is 0.357. The highest BCUT2D eigenvalue weighted by atomic mass is 35.5. The summed E-state index contributed by atoms with van der Waals surface area (Å²) in [5, 5.41) is 9.60. The second-order valence-electron chi connectivity index (χ2n) is 7.15. The molecule has 0 saturated carbocycles. The Morgan fingerprint density at radius 2 is 1.97 bits per heavy atom. The van der Waals surface area contributed by atoms with Crippen LogP contribution in [0, 0.1) is 5.82 Å². The number of carbonyl (C=O) groups excluding carboxylic acids is 1. The molecule has 1 aliphatic rings. The number of hydrogen-bond donors (Lipinski definition) is 1. The van der Waals surface area contributed by atoms with Gasteiger partial charge in [0.25, 0.3) is 5.89 Å². The number of carbonyl (C=O) groups is 1. The molecule has 160 valence electrons. The Morgan fingerprint density at radius 3 is 2.69 bits per heavy atom. The zero-order valence-electron chi connectivity index (χ0n) is 16.8. The Kier molecular flexibility index (Phi) is 5.24. The summed E-state index contributed by atoms with van der Waals surface area (Å²) < 4.78 is 19.1. The van der Waals surface area contributed by atoms with E-state index in [2.05, 4.69) is 15.5 Å². The number of benzene rings is 2. The van der Waals surface area contributed by atoms with E-state index in [0.29, 0.717) is 27.8 Å². The average Bonchev–Trinajstić information content (AvgIpc) is 3.47. The summed E-state index contributed by atoms with van der Waals surface area (Å²) in [6.07, 6.45) is 0. The van der Waals surface area contributed by atoms with Gasteiger partial charge in [-0.15, -0.1) is 11.3 Å². The molecule has 2 amide bonds. The SMILES string of the molecule is CC1=C(c2nc(-c3cccs3)no2)C(c2cccc(Cl)c2)NC(=O)N1c1ccc(F)cc1. The molecule has 0 radical (unpaired) electrons. The topological polar surface area (TPSA) is 71.3 Å². The number of rotatable bonds is 4. The third kappa shape index (κ3) is 3.68. The first-order chi connectivity index (χ1) is 15.5. The molecule has 5 rings (SSSR count). The van der Waals surface area contributed by atoms with Crippen molar-refractivity contribution in [3.8, 4) is 10.7 Å². The molecule has 0 aliphatic carbocycles. The van der Waals surface area contributed by atoms with Gasteiger partial charge in [0.05, 0.1) is 22.2 Å². The van der Waals surface area contributed by atoms with Crippen molar-refractivity contribution in [3.63, 3.8) is 0 Å². The van der Waals surface area contributed by atoms with Crippen LogP contribution < -0.4 is 10.2 Å². The quantitative estimate of drug-likeness (QED) is 0.383. The lowest BCUT2D eigenvalue weighted by Gasteiger charge is -2.35. The smallest absolute Gasteiger partial charge is 0.326 e. The van der Waals surface area contributed by atoms with E-state index in [9.17, 15) is 9.18 Å². The number of halogens is 2. The van der Waals surface area contributed by atoms with Crippen molar-refractivity contribution in [2.75, 3.05) is 4.90 Å². The number of allylic oxidation sites excluding steroid dienone is 1. The summed E-state index contributed by atoms with van der Waals surface area (Å²) in [7, 11) is 0. The van der Waals surface area contributed by atoms with Gasteiger partial charge in [0, 0.05) is 10.7 Å². The molecule has 0 saturated heterocycles. The monoisotopic (exact) mass is 466 g/mol. The van der Waals surface area contributed by atoms with Crippen LogP contribution in [0.25, 0.3) is 16.3 Å². The van der Waals surface area contributed by atoms with E-state index in [1.54, 1.807) is 31.2 Å². The van der Waals surface area contributed by atoms with E-state index in [0.717, 1.165) is 10.4 Å². The lowest BCUT2D eigenvalue weighted by molar-refractivity contribution is 0.244. The molecule has 1 atom stereocenters. The summed E-state index contributed by atoms with van der Waals surface area (Å²) in [5.41, 5.74) is 2.51. The number of urea groups is 1. The number of anilines is 1. The molecule has 3 heterocycles. The van der Waals surface area contributed by atoms with Gasteiger partial charge in [-0.3, -0.25) is 4.90 Å². The maximum Gasteiger partial charge on any atom is 0.326 e. The van der Waals surface area contributed by atoms with Gasteiger partial charge in [-0.2, -0.15) is 4.98 Å². The van der Waals surface area contributed by atoms with Crippen LogP contribution in [0.2, 0.25) is 5.02 Å². The number of hydrogen-bond acceptors (Lipinski definition) is 5. The summed E-state index contributed by atoms with van der Waals surface area (Å²) >= 11 is 7.72. The Morgan fingerprint density at radius 1 is 1.16 bits per heavy atom. The standard InChI is InChI=1S/C23H16ClFN4O2S/c1-13-19(22-27-21(28-31-22)18-6-3-11-32-18)20(14-4-2-5-15(24)12-14)26-23(30)29(13)17-9-7-16(25)8-10-17/h2-12,20H,1H3,(H,26,30). The zero-order chi connectivity index (χ0) is 22.2. The number of amides is 2. The first-order valence-electron chi connectivity index (χ1n) is 9.71. The van der Waals surface area contributed by atoms with Crippen molar-refractivity contribution in [2.45, 2.75) is 13.0 Å². The van der Waals surface area contributed by atoms with Crippen molar-refractivity contribution in [1.82, 2.24) is 15.5 Å². The Labute approximate surface area is 191 Å². The van der Waals surface area contributed by atoms with Gasteiger partial charge < -0.3 is 9.84 Å². The predicted octanol–water partition coefficient (Wildman–Crippen LogP) is 6.29. The lowest BCUT2D eigenvalue weighted by Crippen LogP contribution is -2.46. The molecule has 0 fully saturated rings. The molecular formula is C23H16ClFN4O2S.